The first kappa shape index (κ1) is 23.1. The van der Waals surface area contributed by atoms with Crippen molar-refractivity contribution < 1.29 is 29.5 Å². The molecule has 0 bridgehead atoms. The molecule has 0 amide bonds. The van der Waals surface area contributed by atoms with Crippen LogP contribution in [0.15, 0.2) is 33.9 Å². The maximum Gasteiger partial charge on any atom is 0.331 e. The molecule has 176 valence electrons. The number of nitrogens with zero attached hydrogens (tertiary/aromatic N) is 2. The first-order chi connectivity index (χ1) is 15.5. The van der Waals surface area contributed by atoms with Crippen LogP contribution in [0.4, 0.5) is 0 Å². The van der Waals surface area contributed by atoms with Crippen LogP contribution in [0.1, 0.15) is 0 Å². The quantitative estimate of drug-likeness (QED) is 0.324. The lowest BCUT2D eigenvalue weighted by molar-refractivity contribution is -0.911. The summed E-state index contributed by atoms with van der Waals surface area (Å²) < 4.78 is 13.3. The maximum atomic E-state index is 13.3. The third-order valence-corrected chi connectivity index (χ3v) is 6.37. The van der Waals surface area contributed by atoms with E-state index < -0.39 is 23.5 Å². The first-order valence-corrected chi connectivity index (χ1v) is 11.4. The Balaban J connectivity index is 1.57. The van der Waals surface area contributed by atoms with Crippen molar-refractivity contribution in [1.29, 1.82) is 0 Å². The van der Waals surface area contributed by atoms with Crippen LogP contribution in [0.25, 0.3) is 10.9 Å². The number of morpholine rings is 2. The molecule has 0 aliphatic carbocycles. The number of benzene rings is 1. The Hall–Kier alpha value is -2.08. The fraction of sp³-hybridized carbons (Fsp3) is 0.636. The van der Waals surface area contributed by atoms with E-state index in [1.807, 2.05) is 0 Å². The molecule has 4 rings (SSSR count). The smallest absolute Gasteiger partial charge is 0.331 e. The van der Waals surface area contributed by atoms with Crippen LogP contribution in [-0.2, 0) is 22.6 Å². The molecule has 1 aromatic heterocycles. The molecule has 1 aromatic carbocycles. The Morgan fingerprint density at radius 1 is 0.812 bits per heavy atom. The first-order valence-electron chi connectivity index (χ1n) is 11.4. The average Bonchev–Trinajstić information content (AvgIpc) is 2.81. The van der Waals surface area contributed by atoms with Crippen LogP contribution in [0.5, 0.6) is 0 Å². The standard InChI is InChI=1S/C22H32N4O6/c27-17(13-23-5-9-31-10-6-23)15-25-20-4-2-1-3-19(20)21(29)26(22(25)30)16-18(28)14-24-7-11-32-12-8-24/h1-4,17-18,27-28H,5-16H2/p+2/t17-,18-/m1/s1. The van der Waals surface area contributed by atoms with Gasteiger partial charge in [-0.15, -0.1) is 0 Å². The minimum Gasteiger partial charge on any atom is -0.385 e. The zero-order valence-electron chi connectivity index (χ0n) is 18.4. The van der Waals surface area contributed by atoms with Gasteiger partial charge in [0.25, 0.3) is 5.56 Å². The summed E-state index contributed by atoms with van der Waals surface area (Å²) in [5.41, 5.74) is -0.407. The topological polar surface area (TPSA) is 112 Å². The van der Waals surface area contributed by atoms with E-state index in [2.05, 4.69) is 0 Å². The highest BCUT2D eigenvalue weighted by atomic mass is 16.5. The zero-order valence-corrected chi connectivity index (χ0v) is 18.4. The van der Waals surface area contributed by atoms with Gasteiger partial charge in [-0.25, -0.2) is 4.79 Å². The zero-order chi connectivity index (χ0) is 22.5. The number of quaternary nitrogens is 2. The molecule has 10 heteroatoms. The third-order valence-electron chi connectivity index (χ3n) is 6.37. The fourth-order valence-electron chi connectivity index (χ4n) is 4.65. The Kier molecular flexibility index (Phi) is 7.71. The van der Waals surface area contributed by atoms with E-state index in [9.17, 15) is 19.8 Å². The van der Waals surface area contributed by atoms with E-state index in [-0.39, 0.29) is 13.1 Å². The van der Waals surface area contributed by atoms with Crippen molar-refractivity contribution in [1.82, 2.24) is 9.13 Å². The second-order valence-electron chi connectivity index (χ2n) is 8.77. The monoisotopic (exact) mass is 450 g/mol. The molecule has 2 atom stereocenters. The largest absolute Gasteiger partial charge is 0.385 e. The van der Waals surface area contributed by atoms with E-state index >= 15 is 0 Å². The SMILES string of the molecule is O=c1c2ccccc2n(C[C@H](O)C[NH+]2CCOCC2)c(=O)n1C[C@H](O)C[NH+]1CCOCC1. The van der Waals surface area contributed by atoms with Crippen molar-refractivity contribution in [3.8, 4) is 0 Å². The van der Waals surface area contributed by atoms with Gasteiger partial charge in [-0.1, -0.05) is 12.1 Å². The predicted octanol–water partition coefficient (Wildman–Crippen LogP) is -4.28. The molecule has 0 unspecified atom stereocenters. The third kappa shape index (κ3) is 5.45. The molecule has 0 spiro atoms. The van der Waals surface area contributed by atoms with Gasteiger partial charge in [0.1, 0.15) is 51.5 Å². The predicted molar refractivity (Wildman–Crippen MR) is 117 cm³/mol. The number of aromatic nitrogens is 2. The van der Waals surface area contributed by atoms with Crippen molar-refractivity contribution in [3.63, 3.8) is 0 Å². The van der Waals surface area contributed by atoms with Gasteiger partial charge in [0.2, 0.25) is 0 Å². The van der Waals surface area contributed by atoms with E-state index in [1.165, 1.54) is 14.4 Å². The van der Waals surface area contributed by atoms with E-state index in [1.54, 1.807) is 24.3 Å². The summed E-state index contributed by atoms with van der Waals surface area (Å²) >= 11 is 0. The van der Waals surface area contributed by atoms with Crippen LogP contribution in [0.2, 0.25) is 0 Å². The number of nitrogens with one attached hydrogen (secondary N) is 2. The number of hydrogen-bond donors (Lipinski definition) is 4. The summed E-state index contributed by atoms with van der Waals surface area (Å²) in [6.07, 6.45) is -1.57. The van der Waals surface area contributed by atoms with Gasteiger partial charge in [0.05, 0.1) is 50.4 Å². The molecule has 4 N–H and O–H groups in total. The van der Waals surface area contributed by atoms with Crippen LogP contribution < -0.4 is 21.0 Å². The Morgan fingerprint density at radius 3 is 1.88 bits per heavy atom. The van der Waals surface area contributed by atoms with Crippen molar-refractivity contribution >= 4 is 10.9 Å². The van der Waals surface area contributed by atoms with E-state index in [4.69, 9.17) is 9.47 Å². The Morgan fingerprint density at radius 2 is 1.31 bits per heavy atom. The number of fused-ring (bicyclic) bond motifs is 1. The second-order valence-corrected chi connectivity index (χ2v) is 8.77. The van der Waals surface area contributed by atoms with Crippen LogP contribution in [0.3, 0.4) is 0 Å². The van der Waals surface area contributed by atoms with Crippen LogP contribution >= 0.6 is 0 Å². The normalized spacial score (nSPS) is 20.4. The van der Waals surface area contributed by atoms with Crippen LogP contribution in [-0.4, -0.2) is 97.3 Å². The number of aliphatic hydroxyl groups is 2. The molecule has 0 saturated carbocycles. The highest BCUT2D eigenvalue weighted by Gasteiger charge is 2.23. The summed E-state index contributed by atoms with van der Waals surface area (Å²) in [6, 6.07) is 6.94. The number of aliphatic hydroxyl groups excluding tert-OH is 2. The van der Waals surface area contributed by atoms with Crippen LogP contribution in [0, 0.1) is 0 Å². The molecule has 2 aromatic rings. The Labute approximate surface area is 186 Å². The summed E-state index contributed by atoms with van der Waals surface area (Å²) in [4.78, 5) is 28.8. The van der Waals surface area contributed by atoms with E-state index in [0.717, 1.165) is 30.7 Å². The molecule has 0 radical (unpaired) electrons. The fourth-order valence-corrected chi connectivity index (χ4v) is 4.65. The summed E-state index contributed by atoms with van der Waals surface area (Å²) in [6.45, 7) is 6.83. The number of hydrogen-bond acceptors (Lipinski definition) is 6. The number of para-hydroxylation sites is 1. The molecule has 3 heterocycles. The Bertz CT molecular complexity index is 1010. The number of rotatable bonds is 8. The molecule has 32 heavy (non-hydrogen) atoms. The van der Waals surface area contributed by atoms with Crippen molar-refractivity contribution in [2.45, 2.75) is 25.3 Å². The molecular formula is C22H34N4O6+2. The molecule has 2 aliphatic rings. The molecular weight excluding hydrogens is 416 g/mol. The van der Waals surface area contributed by atoms with E-state index in [0.29, 0.717) is 50.4 Å². The molecule has 10 nitrogen and oxygen atoms in total. The highest BCUT2D eigenvalue weighted by molar-refractivity contribution is 5.77. The average molecular weight is 451 g/mol. The molecule has 2 fully saturated rings. The lowest BCUT2D eigenvalue weighted by atomic mass is 10.2. The molecule has 2 aliphatic heterocycles. The minimum absolute atomic E-state index is 0.0718. The summed E-state index contributed by atoms with van der Waals surface area (Å²) in [5.74, 6) is 0. The number of ether oxygens (including phenoxy) is 2. The lowest BCUT2D eigenvalue weighted by Gasteiger charge is -2.27. The van der Waals surface area contributed by atoms with Gasteiger partial charge < -0.3 is 29.5 Å². The summed E-state index contributed by atoms with van der Waals surface area (Å²) in [5, 5.41) is 21.8. The lowest BCUT2D eigenvalue weighted by Crippen LogP contribution is -3.15. The van der Waals surface area contributed by atoms with Crippen molar-refractivity contribution in [2.24, 2.45) is 0 Å². The van der Waals surface area contributed by atoms with Gasteiger partial charge in [-0.05, 0) is 12.1 Å². The van der Waals surface area contributed by atoms with Crippen molar-refractivity contribution in [3.05, 3.63) is 45.1 Å². The second kappa shape index (κ2) is 10.7. The van der Waals surface area contributed by atoms with Gasteiger partial charge in [-0.3, -0.25) is 13.9 Å². The van der Waals surface area contributed by atoms with Crippen molar-refractivity contribution in [2.75, 3.05) is 65.7 Å². The van der Waals surface area contributed by atoms with Gasteiger partial charge in [-0.2, -0.15) is 0 Å². The summed E-state index contributed by atoms with van der Waals surface area (Å²) in [7, 11) is 0. The minimum atomic E-state index is -0.828. The van der Waals surface area contributed by atoms with Gasteiger partial charge in [0, 0.05) is 0 Å². The maximum absolute atomic E-state index is 13.3. The molecule has 2 saturated heterocycles. The highest BCUT2D eigenvalue weighted by Crippen LogP contribution is 2.08. The van der Waals surface area contributed by atoms with Gasteiger partial charge in [0.15, 0.2) is 0 Å². The van der Waals surface area contributed by atoms with Gasteiger partial charge >= 0.3 is 5.69 Å².